The number of amides is 1. The number of benzene rings is 1. The largest absolute Gasteiger partial charge is 0.417 e. The summed E-state index contributed by atoms with van der Waals surface area (Å²) in [4.78, 5) is 21.2. The second kappa shape index (κ2) is 8.66. The lowest BCUT2D eigenvalue weighted by atomic mass is 9.94. The summed E-state index contributed by atoms with van der Waals surface area (Å²) in [5, 5.41) is 0. The number of carbonyl (C=O) groups is 1. The summed E-state index contributed by atoms with van der Waals surface area (Å²) < 4.78 is 38.2. The van der Waals surface area contributed by atoms with Crippen LogP contribution in [-0.2, 0) is 17.4 Å². The number of likely N-dealkylation sites (tertiary alicyclic amines) is 1. The van der Waals surface area contributed by atoms with Crippen molar-refractivity contribution in [1.82, 2.24) is 9.88 Å². The number of rotatable bonds is 4. The summed E-state index contributed by atoms with van der Waals surface area (Å²) in [6.45, 7) is 2.08. The zero-order chi connectivity index (χ0) is 21.1. The molecule has 1 aromatic carbocycles. The van der Waals surface area contributed by atoms with Crippen LogP contribution in [0.1, 0.15) is 36.8 Å². The molecule has 160 valence electrons. The molecule has 4 rings (SSSR count). The summed E-state index contributed by atoms with van der Waals surface area (Å²) in [6.07, 6.45) is 0.877. The highest BCUT2D eigenvalue weighted by Crippen LogP contribution is 2.31. The highest BCUT2D eigenvalue weighted by molar-refractivity contribution is 5.80. The van der Waals surface area contributed by atoms with Crippen LogP contribution in [0.3, 0.4) is 0 Å². The van der Waals surface area contributed by atoms with Gasteiger partial charge in [0, 0.05) is 37.8 Å². The number of anilines is 1. The number of carbonyl (C=O) groups excluding carboxylic acids is 1. The van der Waals surface area contributed by atoms with E-state index in [0.29, 0.717) is 31.7 Å². The molecule has 0 unspecified atom stereocenters. The molecule has 4 nitrogen and oxygen atoms in total. The lowest BCUT2D eigenvalue weighted by Crippen LogP contribution is -2.45. The van der Waals surface area contributed by atoms with Gasteiger partial charge in [-0.1, -0.05) is 30.3 Å². The van der Waals surface area contributed by atoms with Crippen molar-refractivity contribution < 1.29 is 18.0 Å². The molecule has 0 radical (unpaired) electrons. The van der Waals surface area contributed by atoms with Gasteiger partial charge < -0.3 is 9.80 Å². The molecule has 1 aromatic heterocycles. The van der Waals surface area contributed by atoms with Gasteiger partial charge in [-0.15, -0.1) is 0 Å². The maximum Gasteiger partial charge on any atom is 0.417 e. The van der Waals surface area contributed by atoms with Crippen LogP contribution in [0.5, 0.6) is 0 Å². The van der Waals surface area contributed by atoms with Crippen molar-refractivity contribution in [3.8, 4) is 0 Å². The molecule has 0 bridgehead atoms. The molecule has 2 aliphatic rings. The summed E-state index contributed by atoms with van der Waals surface area (Å²) in [7, 11) is 0. The maximum absolute atomic E-state index is 13.2. The number of halogens is 3. The van der Waals surface area contributed by atoms with E-state index in [1.807, 2.05) is 23.1 Å². The number of aromatic nitrogens is 1. The number of pyridine rings is 1. The summed E-state index contributed by atoms with van der Waals surface area (Å²) in [5.41, 5.74) is 0.514. The Bertz CT molecular complexity index is 846. The Morgan fingerprint density at radius 2 is 1.73 bits per heavy atom. The first-order valence-electron chi connectivity index (χ1n) is 10.5. The second-order valence-electron chi connectivity index (χ2n) is 8.18. The minimum absolute atomic E-state index is 0.0212. The van der Waals surface area contributed by atoms with E-state index in [9.17, 15) is 18.0 Å². The Morgan fingerprint density at radius 3 is 2.37 bits per heavy atom. The molecule has 7 heteroatoms. The third-order valence-corrected chi connectivity index (χ3v) is 6.22. The molecule has 2 saturated heterocycles. The highest BCUT2D eigenvalue weighted by Gasteiger charge is 2.35. The molecule has 30 heavy (non-hydrogen) atoms. The monoisotopic (exact) mass is 417 g/mol. The van der Waals surface area contributed by atoms with Crippen molar-refractivity contribution in [3.63, 3.8) is 0 Å². The average Bonchev–Trinajstić information content (AvgIpc) is 3.21. The first-order valence-corrected chi connectivity index (χ1v) is 10.5. The zero-order valence-electron chi connectivity index (χ0n) is 16.8. The van der Waals surface area contributed by atoms with Gasteiger partial charge in [0.05, 0.1) is 5.56 Å². The van der Waals surface area contributed by atoms with E-state index in [1.54, 1.807) is 0 Å². The minimum Gasteiger partial charge on any atom is -0.357 e. The zero-order valence-corrected chi connectivity index (χ0v) is 16.8. The molecule has 2 fully saturated rings. The van der Waals surface area contributed by atoms with E-state index in [4.69, 9.17) is 0 Å². The third-order valence-electron chi connectivity index (χ3n) is 6.22. The molecule has 2 aliphatic heterocycles. The molecule has 0 saturated carbocycles. The lowest BCUT2D eigenvalue weighted by molar-refractivity contribution is -0.138. The number of alkyl halides is 3. The van der Waals surface area contributed by atoms with Gasteiger partial charge >= 0.3 is 6.18 Å². The summed E-state index contributed by atoms with van der Waals surface area (Å²) >= 11 is 0. The van der Waals surface area contributed by atoms with Crippen molar-refractivity contribution in [3.05, 3.63) is 59.8 Å². The molecule has 0 N–H and O–H groups in total. The van der Waals surface area contributed by atoms with Crippen molar-refractivity contribution in [1.29, 1.82) is 0 Å². The maximum atomic E-state index is 13.2. The number of hydrogen-bond acceptors (Lipinski definition) is 3. The molecule has 2 aromatic rings. The number of nitrogens with zero attached hydrogens (tertiary/aromatic N) is 3. The van der Waals surface area contributed by atoms with Crippen molar-refractivity contribution in [2.45, 2.75) is 44.3 Å². The van der Waals surface area contributed by atoms with Crippen LogP contribution < -0.4 is 4.90 Å². The van der Waals surface area contributed by atoms with Crippen LogP contribution >= 0.6 is 0 Å². The average molecular weight is 417 g/mol. The molecule has 0 spiro atoms. The van der Waals surface area contributed by atoms with Crippen molar-refractivity contribution >= 4 is 11.7 Å². The van der Waals surface area contributed by atoms with Gasteiger partial charge in [0.25, 0.3) is 0 Å². The fourth-order valence-corrected chi connectivity index (χ4v) is 4.56. The number of hydrogen-bond donors (Lipinski definition) is 0. The predicted octanol–water partition coefficient (Wildman–Crippen LogP) is 4.55. The van der Waals surface area contributed by atoms with E-state index in [-0.39, 0.29) is 17.9 Å². The van der Waals surface area contributed by atoms with Gasteiger partial charge in [-0.3, -0.25) is 4.79 Å². The van der Waals surface area contributed by atoms with Crippen LogP contribution in [0.4, 0.5) is 19.0 Å². The Hall–Kier alpha value is -2.57. The molecular weight excluding hydrogens is 391 g/mol. The first kappa shape index (κ1) is 20.7. The second-order valence-corrected chi connectivity index (χ2v) is 8.18. The Balaban J connectivity index is 1.34. The fraction of sp³-hybridized carbons (Fsp3) is 0.478. The SMILES string of the molecule is O=C(C1CCN(c2ccc(C(F)(F)F)cn2)CC1)N1CCC[C@H]1Cc1ccccc1. The normalized spacial score (nSPS) is 20.6. The van der Waals surface area contributed by atoms with Crippen LogP contribution in [0, 0.1) is 5.92 Å². The predicted molar refractivity (Wildman–Crippen MR) is 109 cm³/mol. The highest BCUT2D eigenvalue weighted by atomic mass is 19.4. The first-order chi connectivity index (χ1) is 14.4. The van der Waals surface area contributed by atoms with Gasteiger partial charge in [-0.05, 0) is 49.8 Å². The Kier molecular flexibility index (Phi) is 5.97. The molecular formula is C23H26F3N3O. The van der Waals surface area contributed by atoms with E-state index in [1.165, 1.54) is 11.6 Å². The smallest absolute Gasteiger partial charge is 0.357 e. The van der Waals surface area contributed by atoms with Gasteiger partial charge in [0.1, 0.15) is 5.82 Å². The van der Waals surface area contributed by atoms with E-state index < -0.39 is 11.7 Å². The van der Waals surface area contributed by atoms with E-state index >= 15 is 0 Å². The van der Waals surface area contributed by atoms with Gasteiger partial charge in [0.2, 0.25) is 5.91 Å². The summed E-state index contributed by atoms with van der Waals surface area (Å²) in [5.74, 6) is 0.748. The van der Waals surface area contributed by atoms with Crippen molar-refractivity contribution in [2.24, 2.45) is 5.92 Å². The lowest BCUT2D eigenvalue weighted by Gasteiger charge is -2.35. The quantitative estimate of drug-likeness (QED) is 0.732. The molecule has 1 atom stereocenters. The van der Waals surface area contributed by atoms with Gasteiger partial charge in [-0.25, -0.2) is 4.98 Å². The van der Waals surface area contributed by atoms with Crippen LogP contribution in [0.2, 0.25) is 0 Å². The molecule has 1 amide bonds. The minimum atomic E-state index is -4.38. The third kappa shape index (κ3) is 4.60. The van der Waals surface area contributed by atoms with Crippen molar-refractivity contribution in [2.75, 3.05) is 24.5 Å². The standard InChI is InChI=1S/C23H26F3N3O/c24-23(25,26)19-8-9-21(27-16-19)28-13-10-18(11-14-28)22(30)29-12-4-7-20(29)15-17-5-2-1-3-6-17/h1-3,5-6,8-9,16,18,20H,4,7,10-15H2/t20-/m0/s1. The molecule has 3 heterocycles. The molecule has 0 aliphatic carbocycles. The van der Waals surface area contributed by atoms with Gasteiger partial charge in [0.15, 0.2) is 0 Å². The van der Waals surface area contributed by atoms with Crippen LogP contribution in [0.25, 0.3) is 0 Å². The van der Waals surface area contributed by atoms with E-state index in [2.05, 4.69) is 22.0 Å². The fourth-order valence-electron chi connectivity index (χ4n) is 4.56. The van der Waals surface area contributed by atoms with Crippen LogP contribution in [-0.4, -0.2) is 41.5 Å². The topological polar surface area (TPSA) is 36.4 Å². The van der Waals surface area contributed by atoms with Crippen LogP contribution in [0.15, 0.2) is 48.7 Å². The number of piperidine rings is 1. The van der Waals surface area contributed by atoms with Gasteiger partial charge in [-0.2, -0.15) is 13.2 Å². The Labute approximate surface area is 174 Å². The Morgan fingerprint density at radius 1 is 1.00 bits per heavy atom. The van der Waals surface area contributed by atoms with E-state index in [0.717, 1.165) is 38.1 Å². The summed E-state index contributed by atoms with van der Waals surface area (Å²) in [6, 6.07) is 13.0.